The van der Waals surface area contributed by atoms with Crippen molar-refractivity contribution in [3.05, 3.63) is 181 Å². The van der Waals surface area contributed by atoms with Crippen LogP contribution in [0.25, 0.3) is 66.1 Å². The molecule has 0 unspecified atom stereocenters. The first kappa shape index (κ1) is 46.1. The van der Waals surface area contributed by atoms with Gasteiger partial charge in [-0.15, -0.1) is 69.1 Å². The van der Waals surface area contributed by atoms with Gasteiger partial charge in [0.1, 0.15) is 0 Å². The van der Waals surface area contributed by atoms with Crippen LogP contribution in [0.15, 0.2) is 170 Å². The van der Waals surface area contributed by atoms with Gasteiger partial charge in [0, 0.05) is 0 Å². The maximum absolute atomic E-state index is 9.38. The zero-order valence-corrected chi connectivity index (χ0v) is 38.5. The third kappa shape index (κ3) is 13.0. The third-order valence-electron chi connectivity index (χ3n) is 9.89. The summed E-state index contributed by atoms with van der Waals surface area (Å²) in [4.78, 5) is 18.8. The minimum absolute atomic E-state index is 0.455. The van der Waals surface area contributed by atoms with Gasteiger partial charge in [-0.05, 0) is 46.9 Å². The van der Waals surface area contributed by atoms with Crippen LogP contribution in [-0.4, -0.2) is 20.4 Å². The van der Waals surface area contributed by atoms with Crippen LogP contribution in [0.2, 0.25) is 0 Å². The van der Waals surface area contributed by atoms with Crippen LogP contribution < -0.4 is 10.5 Å². The van der Waals surface area contributed by atoms with Crippen LogP contribution in [0, 0.1) is 11.8 Å². The molecule has 0 fully saturated rings. The predicted octanol–water partition coefficient (Wildman–Crippen LogP) is 13.6. The van der Waals surface area contributed by atoms with Crippen molar-refractivity contribution in [3.8, 4) is 44.5 Å². The van der Waals surface area contributed by atoms with E-state index in [0.717, 1.165) is 20.4 Å². The Hall–Kier alpha value is -4.99. The van der Waals surface area contributed by atoms with Crippen LogP contribution in [0.4, 0.5) is 0 Å². The van der Waals surface area contributed by atoms with E-state index in [1.807, 2.05) is 0 Å². The van der Waals surface area contributed by atoms with Gasteiger partial charge in [0.05, 0.1) is 0 Å². The van der Waals surface area contributed by atoms with E-state index in [2.05, 4.69) is 208 Å². The topological polar surface area (TPSA) is 58.2 Å². The first-order valence-corrected chi connectivity index (χ1v) is 26.4. The molecule has 4 nitrogen and oxygen atoms in total. The molecule has 2 amide bonds. The molecule has 0 aliphatic heterocycles. The predicted molar refractivity (Wildman–Crippen MR) is 254 cm³/mol. The fraction of sp³-hybridized carbons (Fsp3) is 0.154. The maximum atomic E-state index is 9.38. The Bertz CT molecular complexity index is 2360. The fourth-order valence-corrected chi connectivity index (χ4v) is 7.45. The summed E-state index contributed by atoms with van der Waals surface area (Å²) in [6.07, 6.45) is 3.13. The molecule has 0 saturated carbocycles. The molecule has 8 aromatic carbocycles. The molecule has 8 rings (SSSR count). The van der Waals surface area contributed by atoms with Crippen LogP contribution in [0.3, 0.4) is 0 Å². The quantitative estimate of drug-likeness (QED) is 0.0555. The van der Waals surface area contributed by atoms with Gasteiger partial charge >= 0.3 is 45.4 Å². The fourth-order valence-electron chi connectivity index (χ4n) is 7.45. The standard InChI is InChI=1S/2C25H23.C2H4BN2O2.2ClH.Zr/c2*1-18(2)15-20-11-6-7-13-23(20)24-14-8-12-21-16-22(17-25(21)24)19-9-4-3-5-10-19;6-1-4-3-5-2-7;;;/h2*3-14,16-18H,15H2,1-2H3;1-2H,(H,4,6)(H,5,7);2*1H;/q2*-1;;;;+4/p-2. The number of rotatable bonds is 12. The Morgan fingerprint density at radius 3 is 1.23 bits per heavy atom. The first-order valence-electron chi connectivity index (χ1n) is 20.1. The molecule has 8 heteroatoms. The van der Waals surface area contributed by atoms with Crippen molar-refractivity contribution in [2.45, 2.75) is 40.5 Å². The normalized spacial score (nSPS) is 10.3. The summed E-state index contributed by atoms with van der Waals surface area (Å²) in [6.45, 7) is 9.14. The average Bonchev–Trinajstić information content (AvgIpc) is 3.91. The summed E-state index contributed by atoms with van der Waals surface area (Å²) >= 11 is -0.826. The Labute approximate surface area is 375 Å². The van der Waals surface area contributed by atoms with Gasteiger partial charge in [0.2, 0.25) is 0 Å². The van der Waals surface area contributed by atoms with E-state index in [4.69, 9.17) is 17.0 Å². The van der Waals surface area contributed by atoms with Gasteiger partial charge < -0.3 is 10.5 Å². The number of carbonyl (C=O) groups excluding carboxylic acids is 2. The van der Waals surface area contributed by atoms with Gasteiger partial charge in [0.15, 0.2) is 12.8 Å². The van der Waals surface area contributed by atoms with Crippen LogP contribution in [0.5, 0.6) is 0 Å². The Morgan fingerprint density at radius 2 is 0.867 bits per heavy atom. The van der Waals surface area contributed by atoms with E-state index >= 15 is 0 Å². The SMILES string of the molecule is CC(C)Cc1ccccc1-c1cccc2[cH-]c(-c3ccccc3)cc12.CC(C)Cc1ccccc1-c1cccc2[cH-]c(-c3ccccc3)cc12.O=CN[B]NC=O.[Cl][Zr+2][Cl]. The number of hydrogen-bond acceptors (Lipinski definition) is 2. The molecule has 0 saturated heterocycles. The van der Waals surface area contributed by atoms with Crippen molar-refractivity contribution in [1.82, 2.24) is 10.5 Å². The molecule has 60 heavy (non-hydrogen) atoms. The van der Waals surface area contributed by atoms with Crippen molar-refractivity contribution in [1.29, 1.82) is 0 Å². The van der Waals surface area contributed by atoms with Crippen LogP contribution in [0.1, 0.15) is 38.8 Å². The number of carbonyl (C=O) groups is 2. The summed E-state index contributed by atoms with van der Waals surface area (Å²) in [5.41, 5.74) is 13.4. The van der Waals surface area contributed by atoms with Crippen molar-refractivity contribution < 1.29 is 30.4 Å². The van der Waals surface area contributed by atoms with Gasteiger partial charge in [-0.3, -0.25) is 9.59 Å². The molecule has 0 bridgehead atoms. The van der Waals surface area contributed by atoms with Crippen LogP contribution >= 0.6 is 17.0 Å². The summed E-state index contributed by atoms with van der Waals surface area (Å²) in [5, 5.41) is 9.52. The molecule has 0 aliphatic rings. The Kier molecular flexibility index (Phi) is 18.7. The number of halogens is 2. The molecular formula is C52H50BCl2N2O2Zr. The number of benzene rings is 6. The van der Waals surface area contributed by atoms with Crippen LogP contribution in [-0.2, 0) is 43.3 Å². The number of hydrogen-bond donors (Lipinski definition) is 2. The second-order valence-corrected chi connectivity index (χ2v) is 18.9. The molecule has 1 radical (unpaired) electrons. The molecular weight excluding hydrogens is 858 g/mol. The van der Waals surface area contributed by atoms with Crippen molar-refractivity contribution in [3.63, 3.8) is 0 Å². The first-order chi connectivity index (χ1) is 29.3. The van der Waals surface area contributed by atoms with E-state index in [9.17, 15) is 9.59 Å². The van der Waals surface area contributed by atoms with Gasteiger partial charge in [-0.2, -0.15) is 0 Å². The number of nitrogens with one attached hydrogen (secondary N) is 2. The molecule has 0 atom stereocenters. The summed E-state index contributed by atoms with van der Waals surface area (Å²) < 4.78 is 0. The van der Waals surface area contributed by atoms with Gasteiger partial charge in [0.25, 0.3) is 0 Å². The Morgan fingerprint density at radius 1 is 0.517 bits per heavy atom. The second-order valence-electron chi connectivity index (χ2n) is 15.1. The minimum atomic E-state index is -0.826. The van der Waals surface area contributed by atoms with E-state index in [1.165, 1.54) is 77.2 Å². The second kappa shape index (κ2) is 24.3. The molecule has 0 aromatic heterocycles. The summed E-state index contributed by atoms with van der Waals surface area (Å²) in [6, 6.07) is 61.6. The zero-order chi connectivity index (χ0) is 42.7. The molecule has 8 aromatic rings. The van der Waals surface area contributed by atoms with E-state index in [-0.39, 0.29) is 0 Å². The average molecular weight is 908 g/mol. The molecule has 0 heterocycles. The third-order valence-corrected chi connectivity index (χ3v) is 9.89. The van der Waals surface area contributed by atoms with E-state index < -0.39 is 20.8 Å². The van der Waals surface area contributed by atoms with Crippen molar-refractivity contribution in [2.75, 3.05) is 0 Å². The molecule has 2 N–H and O–H groups in total. The summed E-state index contributed by atoms with van der Waals surface area (Å²) in [5.74, 6) is 1.31. The number of amides is 2. The van der Waals surface area contributed by atoms with Gasteiger partial charge in [-0.1, -0.05) is 183 Å². The van der Waals surface area contributed by atoms with Gasteiger partial charge in [-0.25, -0.2) is 0 Å². The zero-order valence-electron chi connectivity index (χ0n) is 34.5. The molecule has 0 aliphatic carbocycles. The number of fused-ring (bicyclic) bond motifs is 2. The van der Waals surface area contributed by atoms with E-state index in [0.29, 0.717) is 24.7 Å². The Balaban J connectivity index is 0.000000186. The molecule has 301 valence electrons. The molecule has 0 spiro atoms. The van der Waals surface area contributed by atoms with E-state index in [1.54, 1.807) is 0 Å². The summed E-state index contributed by atoms with van der Waals surface area (Å²) in [7, 11) is 11.0. The van der Waals surface area contributed by atoms with Crippen molar-refractivity contribution in [2.24, 2.45) is 11.8 Å². The van der Waals surface area contributed by atoms with Crippen molar-refractivity contribution >= 4 is 58.9 Å². The monoisotopic (exact) mass is 905 g/mol.